The Morgan fingerprint density at radius 3 is 2.00 bits per heavy atom. The Labute approximate surface area is 207 Å². The third-order valence-electron chi connectivity index (χ3n) is 5.44. The lowest BCUT2D eigenvalue weighted by Crippen LogP contribution is -2.29. The van der Waals surface area contributed by atoms with Gasteiger partial charge >= 0.3 is 5.97 Å². The van der Waals surface area contributed by atoms with Crippen LogP contribution in [-0.2, 0) is 9.53 Å². The zero-order valence-electron chi connectivity index (χ0n) is 19.3. The number of benzene rings is 3. The largest absolute Gasteiger partial charge is 0.457 e. The van der Waals surface area contributed by atoms with Crippen LogP contribution >= 0.6 is 11.6 Å². The number of fused-ring (bicyclic) bond motifs is 1. The van der Waals surface area contributed by atoms with Gasteiger partial charge in [0.15, 0.2) is 12.4 Å². The van der Waals surface area contributed by atoms with Crippen molar-refractivity contribution < 1.29 is 28.7 Å². The molecule has 3 aromatic rings. The summed E-state index contributed by atoms with van der Waals surface area (Å²) in [7, 11) is 0. The van der Waals surface area contributed by atoms with Crippen molar-refractivity contribution in [1.29, 1.82) is 0 Å². The minimum atomic E-state index is -0.743. The Balaban J connectivity index is 1.49. The highest BCUT2D eigenvalue weighted by Crippen LogP contribution is 2.31. The molecule has 1 aliphatic heterocycles. The molecular weight excluding hydrogens is 470 g/mol. The molecule has 3 aromatic carbocycles. The number of nitrogens with zero attached hydrogens (tertiary/aromatic N) is 1. The average Bonchev–Trinajstić information content (AvgIpc) is 3.08. The molecule has 0 unspecified atom stereocenters. The summed E-state index contributed by atoms with van der Waals surface area (Å²) in [6, 6.07) is 17.5. The maximum Gasteiger partial charge on any atom is 0.338 e. The molecule has 0 radical (unpaired) electrons. The molecule has 0 aliphatic carbocycles. The molecule has 0 N–H and O–H groups in total. The number of hydrogen-bond donors (Lipinski definition) is 0. The van der Waals surface area contributed by atoms with E-state index >= 15 is 0 Å². The highest BCUT2D eigenvalue weighted by molar-refractivity contribution is 6.34. The van der Waals surface area contributed by atoms with Gasteiger partial charge in [-0.1, -0.05) is 32.4 Å². The molecule has 4 rings (SSSR count). The van der Waals surface area contributed by atoms with Gasteiger partial charge in [-0.25, -0.2) is 9.69 Å². The minimum absolute atomic E-state index is 0.0835. The van der Waals surface area contributed by atoms with E-state index < -0.39 is 23.2 Å². The Kier molecular flexibility index (Phi) is 6.45. The molecule has 8 heteroatoms. The number of amides is 2. The van der Waals surface area contributed by atoms with Gasteiger partial charge in [0.2, 0.25) is 0 Å². The van der Waals surface area contributed by atoms with Crippen molar-refractivity contribution in [3.05, 3.63) is 88.4 Å². The maximum atomic E-state index is 13.0. The van der Waals surface area contributed by atoms with Gasteiger partial charge in [-0.3, -0.25) is 14.4 Å². The first-order chi connectivity index (χ1) is 16.5. The van der Waals surface area contributed by atoms with Crippen molar-refractivity contribution in [2.45, 2.75) is 20.8 Å². The van der Waals surface area contributed by atoms with Gasteiger partial charge in [0.1, 0.15) is 11.5 Å². The SMILES string of the molecule is CC(C)(C)C(=O)COC(=O)c1ccc2c(c1)C(=O)N(c1ccc(Oc3ccc(Cl)cc3)cc1)C2=O. The number of rotatable bonds is 6. The van der Waals surface area contributed by atoms with E-state index in [1.807, 2.05) is 0 Å². The number of carbonyl (C=O) groups excluding carboxylic acids is 4. The summed E-state index contributed by atoms with van der Waals surface area (Å²) in [5, 5.41) is 0.591. The van der Waals surface area contributed by atoms with E-state index in [2.05, 4.69) is 0 Å². The number of ether oxygens (including phenoxy) is 2. The van der Waals surface area contributed by atoms with E-state index in [1.165, 1.54) is 18.2 Å². The molecule has 1 heterocycles. The summed E-state index contributed by atoms with van der Waals surface area (Å²) in [6.45, 7) is 4.82. The number of imide groups is 1. The number of hydrogen-bond acceptors (Lipinski definition) is 6. The summed E-state index contributed by atoms with van der Waals surface area (Å²) in [5.41, 5.74) is 0.0721. The van der Waals surface area contributed by atoms with E-state index in [9.17, 15) is 19.2 Å². The van der Waals surface area contributed by atoms with Crippen LogP contribution in [0.5, 0.6) is 11.5 Å². The molecule has 7 nitrogen and oxygen atoms in total. The van der Waals surface area contributed by atoms with Crippen molar-refractivity contribution >= 4 is 40.9 Å². The number of Topliss-reactive ketones (excluding diaryl/α,β-unsaturated/α-hetero) is 1. The van der Waals surface area contributed by atoms with Gasteiger partial charge in [0.05, 0.1) is 22.4 Å². The predicted octanol–water partition coefficient (Wildman–Crippen LogP) is 5.70. The Bertz CT molecular complexity index is 1320. The van der Waals surface area contributed by atoms with Crippen LogP contribution in [0.15, 0.2) is 66.7 Å². The molecule has 0 aromatic heterocycles. The van der Waals surface area contributed by atoms with Gasteiger partial charge in [-0.15, -0.1) is 0 Å². The normalized spacial score (nSPS) is 13.0. The van der Waals surface area contributed by atoms with Crippen molar-refractivity contribution in [3.63, 3.8) is 0 Å². The second kappa shape index (κ2) is 9.35. The maximum absolute atomic E-state index is 13.0. The Hall–Kier alpha value is -3.97. The number of esters is 1. The lowest BCUT2D eigenvalue weighted by Gasteiger charge is -2.16. The van der Waals surface area contributed by atoms with Crippen LogP contribution in [-0.4, -0.2) is 30.2 Å². The summed E-state index contributed by atoms with van der Waals surface area (Å²) < 4.78 is 10.8. The van der Waals surface area contributed by atoms with E-state index in [0.717, 1.165) is 4.90 Å². The highest BCUT2D eigenvalue weighted by atomic mass is 35.5. The molecule has 0 saturated carbocycles. The molecule has 0 bridgehead atoms. The van der Waals surface area contributed by atoms with Crippen LogP contribution in [0.25, 0.3) is 0 Å². The fourth-order valence-electron chi connectivity index (χ4n) is 3.34. The van der Waals surface area contributed by atoms with E-state index in [4.69, 9.17) is 21.1 Å². The Morgan fingerprint density at radius 1 is 0.829 bits per heavy atom. The van der Waals surface area contributed by atoms with Gasteiger partial charge in [-0.05, 0) is 66.7 Å². The molecular formula is C27H22ClNO6. The highest BCUT2D eigenvalue weighted by Gasteiger charge is 2.37. The lowest BCUT2D eigenvalue weighted by molar-refractivity contribution is -0.129. The average molecular weight is 492 g/mol. The van der Waals surface area contributed by atoms with Crippen molar-refractivity contribution in [2.24, 2.45) is 5.41 Å². The smallest absolute Gasteiger partial charge is 0.338 e. The monoisotopic (exact) mass is 491 g/mol. The molecule has 178 valence electrons. The number of ketones is 1. The van der Waals surface area contributed by atoms with Crippen LogP contribution in [0, 0.1) is 5.41 Å². The van der Waals surface area contributed by atoms with Crippen LogP contribution < -0.4 is 9.64 Å². The zero-order valence-corrected chi connectivity index (χ0v) is 20.1. The predicted molar refractivity (Wildman–Crippen MR) is 130 cm³/mol. The second-order valence-corrected chi connectivity index (χ2v) is 9.44. The van der Waals surface area contributed by atoms with E-state index in [1.54, 1.807) is 69.3 Å². The minimum Gasteiger partial charge on any atom is -0.457 e. The Morgan fingerprint density at radius 2 is 1.40 bits per heavy atom. The summed E-state index contributed by atoms with van der Waals surface area (Å²) >= 11 is 5.88. The standard InChI is InChI=1S/C27H22ClNO6/c1-27(2,3)23(30)15-34-26(33)16-4-13-21-22(14-16)25(32)29(24(21)31)18-7-11-20(12-8-18)35-19-9-5-17(28)6-10-19/h4-14H,15H2,1-3H3. The molecule has 0 fully saturated rings. The van der Waals surface area contributed by atoms with Crippen molar-refractivity contribution in [1.82, 2.24) is 0 Å². The molecule has 0 spiro atoms. The van der Waals surface area contributed by atoms with Crippen molar-refractivity contribution in [2.75, 3.05) is 11.5 Å². The summed E-state index contributed by atoms with van der Waals surface area (Å²) in [4.78, 5) is 51.4. The fourth-order valence-corrected chi connectivity index (χ4v) is 3.46. The van der Waals surface area contributed by atoms with Crippen LogP contribution in [0.3, 0.4) is 0 Å². The van der Waals surface area contributed by atoms with Crippen LogP contribution in [0.2, 0.25) is 5.02 Å². The van der Waals surface area contributed by atoms with Gasteiger partial charge in [-0.2, -0.15) is 0 Å². The van der Waals surface area contributed by atoms with Crippen molar-refractivity contribution in [3.8, 4) is 11.5 Å². The number of anilines is 1. The fraction of sp³-hybridized carbons (Fsp3) is 0.185. The molecule has 1 aliphatic rings. The summed E-state index contributed by atoms with van der Waals surface area (Å²) in [5.74, 6) is -0.925. The van der Waals surface area contributed by atoms with Gasteiger partial charge in [0, 0.05) is 10.4 Å². The number of halogens is 1. The summed E-state index contributed by atoms with van der Waals surface area (Å²) in [6.07, 6.45) is 0. The van der Waals surface area contributed by atoms with Crippen LogP contribution in [0.4, 0.5) is 5.69 Å². The lowest BCUT2D eigenvalue weighted by atomic mass is 9.91. The quantitative estimate of drug-likeness (QED) is 0.324. The molecule has 0 atom stereocenters. The third kappa shape index (κ3) is 5.10. The van der Waals surface area contributed by atoms with Gasteiger partial charge < -0.3 is 9.47 Å². The second-order valence-electron chi connectivity index (χ2n) is 9.01. The van der Waals surface area contributed by atoms with E-state index in [0.29, 0.717) is 22.2 Å². The molecule has 0 saturated heterocycles. The number of carbonyl (C=O) groups is 4. The molecule has 2 amide bonds. The van der Waals surface area contributed by atoms with E-state index in [-0.39, 0.29) is 29.1 Å². The zero-order chi connectivity index (χ0) is 25.3. The first-order valence-electron chi connectivity index (χ1n) is 10.8. The van der Waals surface area contributed by atoms with Crippen LogP contribution in [0.1, 0.15) is 51.8 Å². The topological polar surface area (TPSA) is 90.0 Å². The third-order valence-corrected chi connectivity index (χ3v) is 5.69. The first-order valence-corrected chi connectivity index (χ1v) is 11.2. The first kappa shape index (κ1) is 24.2. The molecule has 35 heavy (non-hydrogen) atoms. The van der Waals surface area contributed by atoms with Gasteiger partial charge in [0.25, 0.3) is 11.8 Å².